The number of esters is 1. The van der Waals surface area contributed by atoms with Gasteiger partial charge in [0.15, 0.2) is 6.61 Å². The van der Waals surface area contributed by atoms with Crippen LogP contribution in [0.4, 0.5) is 11.4 Å². The predicted molar refractivity (Wildman–Crippen MR) is 120 cm³/mol. The Morgan fingerprint density at radius 3 is 2.22 bits per heavy atom. The molecule has 2 rings (SSSR count). The van der Waals surface area contributed by atoms with E-state index in [-0.39, 0.29) is 16.8 Å². The summed E-state index contributed by atoms with van der Waals surface area (Å²) in [4.78, 5) is 46.8. The van der Waals surface area contributed by atoms with E-state index in [4.69, 9.17) is 4.74 Å². The number of hydrogen-bond acceptors (Lipinski definition) is 6. The largest absolute Gasteiger partial charge is 0.454 e. The van der Waals surface area contributed by atoms with Gasteiger partial charge in [-0.1, -0.05) is 39.0 Å². The van der Waals surface area contributed by atoms with E-state index in [1.807, 2.05) is 12.1 Å². The van der Waals surface area contributed by atoms with E-state index in [2.05, 4.69) is 31.4 Å². The van der Waals surface area contributed by atoms with Crippen LogP contribution in [0.25, 0.3) is 0 Å². The quantitative estimate of drug-likeness (QED) is 0.385. The molecule has 0 atom stereocenters. The molecule has 0 aliphatic heterocycles. The Balaban J connectivity index is 1.87. The third-order valence-corrected chi connectivity index (χ3v) is 4.95. The molecule has 0 aliphatic carbocycles. The number of hydrogen-bond donors (Lipinski definition) is 2. The zero-order chi connectivity index (χ0) is 24.1. The van der Waals surface area contributed by atoms with Crippen LogP contribution in [0.1, 0.15) is 47.8 Å². The molecule has 2 N–H and O–H groups in total. The van der Waals surface area contributed by atoms with Crippen LogP contribution in [0.2, 0.25) is 0 Å². The van der Waals surface area contributed by atoms with Crippen LogP contribution in [0.5, 0.6) is 0 Å². The van der Waals surface area contributed by atoms with Gasteiger partial charge in [0.25, 0.3) is 17.5 Å². The number of benzene rings is 2. The maximum Gasteiger partial charge on any atom is 0.325 e. The van der Waals surface area contributed by atoms with Gasteiger partial charge in [-0.3, -0.25) is 24.5 Å². The second-order valence-electron chi connectivity index (χ2n) is 8.38. The normalized spacial score (nSPS) is 10.9. The molecule has 9 nitrogen and oxygen atoms in total. The first-order chi connectivity index (χ1) is 14.9. The van der Waals surface area contributed by atoms with Gasteiger partial charge in [-0.15, -0.1) is 0 Å². The Bertz CT molecular complexity index is 1040. The van der Waals surface area contributed by atoms with Crippen LogP contribution in [0, 0.1) is 24.0 Å². The number of nitrogens with zero attached hydrogens (tertiary/aromatic N) is 1. The Hall–Kier alpha value is -3.75. The standard InChI is InChI=1S/C23H27N3O6/c1-14-6-11-18(26(30)31)21(15(14)2)25-19(27)13-32-20(28)12-24-22(29)16-7-9-17(10-8-16)23(3,4)5/h6-11H,12-13H2,1-5H3,(H,24,29)(H,25,27). The summed E-state index contributed by atoms with van der Waals surface area (Å²) in [5, 5.41) is 16.1. The molecule has 0 saturated heterocycles. The zero-order valence-corrected chi connectivity index (χ0v) is 18.8. The summed E-state index contributed by atoms with van der Waals surface area (Å²) >= 11 is 0. The molecular formula is C23H27N3O6. The summed E-state index contributed by atoms with van der Waals surface area (Å²) in [5.74, 6) is -1.98. The van der Waals surface area contributed by atoms with Crippen molar-refractivity contribution in [2.75, 3.05) is 18.5 Å². The third kappa shape index (κ3) is 6.37. The minimum absolute atomic E-state index is 0.0448. The van der Waals surface area contributed by atoms with E-state index >= 15 is 0 Å². The van der Waals surface area contributed by atoms with Gasteiger partial charge in [0.1, 0.15) is 12.2 Å². The molecule has 0 saturated carbocycles. The molecule has 170 valence electrons. The number of aryl methyl sites for hydroxylation is 1. The lowest BCUT2D eigenvalue weighted by Gasteiger charge is -2.19. The van der Waals surface area contributed by atoms with Crippen LogP contribution < -0.4 is 10.6 Å². The van der Waals surface area contributed by atoms with Gasteiger partial charge >= 0.3 is 5.97 Å². The number of nitro benzene ring substituents is 1. The van der Waals surface area contributed by atoms with E-state index in [0.29, 0.717) is 11.1 Å². The Morgan fingerprint density at radius 1 is 1.03 bits per heavy atom. The molecule has 2 amide bonds. The average molecular weight is 441 g/mol. The van der Waals surface area contributed by atoms with E-state index in [1.54, 1.807) is 32.0 Å². The highest BCUT2D eigenvalue weighted by Gasteiger charge is 2.20. The van der Waals surface area contributed by atoms with Gasteiger partial charge in [-0.05, 0) is 48.1 Å². The van der Waals surface area contributed by atoms with Crippen molar-refractivity contribution in [3.63, 3.8) is 0 Å². The van der Waals surface area contributed by atoms with Gasteiger partial charge in [0, 0.05) is 11.6 Å². The van der Waals surface area contributed by atoms with Crippen molar-refractivity contribution >= 4 is 29.2 Å². The van der Waals surface area contributed by atoms with Crippen LogP contribution in [0.3, 0.4) is 0 Å². The highest BCUT2D eigenvalue weighted by Crippen LogP contribution is 2.30. The molecule has 2 aromatic rings. The molecule has 0 aromatic heterocycles. The molecule has 0 aliphatic rings. The molecule has 0 bridgehead atoms. The molecule has 0 fully saturated rings. The van der Waals surface area contributed by atoms with Crippen molar-refractivity contribution in [2.45, 2.75) is 40.0 Å². The molecule has 0 radical (unpaired) electrons. The minimum Gasteiger partial charge on any atom is -0.454 e. The lowest BCUT2D eigenvalue weighted by molar-refractivity contribution is -0.384. The zero-order valence-electron chi connectivity index (χ0n) is 18.8. The molecule has 0 heterocycles. The lowest BCUT2D eigenvalue weighted by Crippen LogP contribution is -2.32. The summed E-state index contributed by atoms with van der Waals surface area (Å²) in [6.07, 6.45) is 0. The Labute approximate surface area is 186 Å². The highest BCUT2D eigenvalue weighted by molar-refractivity contribution is 5.97. The van der Waals surface area contributed by atoms with Crippen molar-refractivity contribution in [2.24, 2.45) is 0 Å². The lowest BCUT2D eigenvalue weighted by atomic mass is 9.87. The maximum atomic E-state index is 12.2. The van der Waals surface area contributed by atoms with Crippen LogP contribution in [0.15, 0.2) is 36.4 Å². The monoisotopic (exact) mass is 441 g/mol. The summed E-state index contributed by atoms with van der Waals surface area (Å²) in [6.45, 7) is 8.53. The van der Waals surface area contributed by atoms with Crippen LogP contribution in [-0.2, 0) is 19.7 Å². The fraction of sp³-hybridized carbons (Fsp3) is 0.348. The third-order valence-electron chi connectivity index (χ3n) is 4.95. The van der Waals surface area contributed by atoms with Gasteiger partial charge in [0.05, 0.1) is 4.92 Å². The predicted octanol–water partition coefficient (Wildman–Crippen LogP) is 3.42. The van der Waals surface area contributed by atoms with Crippen LogP contribution >= 0.6 is 0 Å². The van der Waals surface area contributed by atoms with Gasteiger partial charge < -0.3 is 15.4 Å². The average Bonchev–Trinajstić information content (AvgIpc) is 2.73. The fourth-order valence-corrected chi connectivity index (χ4v) is 2.86. The minimum atomic E-state index is -0.810. The Kier molecular flexibility index (Phi) is 7.69. The maximum absolute atomic E-state index is 12.2. The second kappa shape index (κ2) is 10.0. The number of carbonyl (C=O) groups excluding carboxylic acids is 3. The van der Waals surface area contributed by atoms with E-state index in [1.165, 1.54) is 6.07 Å². The first kappa shape index (κ1) is 24.5. The van der Waals surface area contributed by atoms with Gasteiger partial charge in [0.2, 0.25) is 0 Å². The number of rotatable bonds is 7. The van der Waals surface area contributed by atoms with Crippen molar-refractivity contribution in [3.05, 3.63) is 68.8 Å². The number of nitro groups is 1. The number of amides is 2. The van der Waals surface area contributed by atoms with Crippen molar-refractivity contribution in [1.82, 2.24) is 5.32 Å². The number of anilines is 1. The summed E-state index contributed by atoms with van der Waals surface area (Å²) in [6, 6.07) is 9.93. The highest BCUT2D eigenvalue weighted by atomic mass is 16.6. The van der Waals surface area contributed by atoms with Crippen LogP contribution in [-0.4, -0.2) is 35.9 Å². The first-order valence-corrected chi connectivity index (χ1v) is 9.99. The fourth-order valence-electron chi connectivity index (χ4n) is 2.86. The molecule has 0 unspecified atom stereocenters. The Morgan fingerprint density at radius 2 is 1.66 bits per heavy atom. The number of carbonyl (C=O) groups is 3. The first-order valence-electron chi connectivity index (χ1n) is 9.99. The molecular weight excluding hydrogens is 414 g/mol. The van der Waals surface area contributed by atoms with E-state index in [0.717, 1.165) is 11.1 Å². The number of ether oxygens (including phenoxy) is 1. The summed E-state index contributed by atoms with van der Waals surface area (Å²) in [5.41, 5.74) is 2.54. The summed E-state index contributed by atoms with van der Waals surface area (Å²) < 4.78 is 4.86. The smallest absolute Gasteiger partial charge is 0.325 e. The molecule has 32 heavy (non-hydrogen) atoms. The van der Waals surface area contributed by atoms with E-state index < -0.39 is 35.9 Å². The summed E-state index contributed by atoms with van der Waals surface area (Å²) in [7, 11) is 0. The number of nitrogens with one attached hydrogen (secondary N) is 2. The SMILES string of the molecule is Cc1ccc([N+](=O)[O-])c(NC(=O)COC(=O)CNC(=O)c2ccc(C(C)(C)C)cc2)c1C. The van der Waals surface area contributed by atoms with Crippen molar-refractivity contribution < 1.29 is 24.0 Å². The second-order valence-corrected chi connectivity index (χ2v) is 8.38. The molecule has 2 aromatic carbocycles. The van der Waals surface area contributed by atoms with Crippen molar-refractivity contribution in [3.8, 4) is 0 Å². The topological polar surface area (TPSA) is 128 Å². The molecule has 0 spiro atoms. The van der Waals surface area contributed by atoms with Gasteiger partial charge in [-0.25, -0.2) is 0 Å². The van der Waals surface area contributed by atoms with Crippen molar-refractivity contribution in [1.29, 1.82) is 0 Å². The molecule has 9 heteroatoms. The van der Waals surface area contributed by atoms with E-state index in [9.17, 15) is 24.5 Å². The van der Waals surface area contributed by atoms with Gasteiger partial charge in [-0.2, -0.15) is 0 Å².